The fraction of sp³-hybridized carbons (Fsp3) is 0.611. The molecular formula is C18H25ClFN3O3S. The van der Waals surface area contributed by atoms with Crippen molar-refractivity contribution in [1.29, 1.82) is 5.26 Å². The van der Waals surface area contributed by atoms with Gasteiger partial charge in [0, 0.05) is 36.6 Å². The molecule has 0 aliphatic carbocycles. The van der Waals surface area contributed by atoms with Crippen molar-refractivity contribution >= 4 is 21.6 Å². The first-order chi connectivity index (χ1) is 12.8. The third-order valence-electron chi connectivity index (χ3n) is 4.49. The molecule has 0 bridgehead atoms. The molecule has 1 N–H and O–H groups in total. The first kappa shape index (κ1) is 22.1. The smallest absolute Gasteiger partial charge is 0.211 e. The molecule has 1 saturated heterocycles. The maximum absolute atomic E-state index is 14.5. The van der Waals surface area contributed by atoms with Gasteiger partial charge in [-0.25, -0.2) is 17.5 Å². The first-order valence-electron chi connectivity index (χ1n) is 8.98. The molecule has 0 saturated carbocycles. The Labute approximate surface area is 165 Å². The van der Waals surface area contributed by atoms with Crippen molar-refractivity contribution < 1.29 is 17.5 Å². The monoisotopic (exact) mass is 417 g/mol. The maximum atomic E-state index is 14.5. The summed E-state index contributed by atoms with van der Waals surface area (Å²) < 4.78 is 47.2. The zero-order chi connectivity index (χ0) is 19.9. The number of nitrogens with one attached hydrogen (secondary N) is 1. The van der Waals surface area contributed by atoms with E-state index in [0.29, 0.717) is 44.5 Å². The molecule has 0 amide bonds. The Morgan fingerprint density at radius 3 is 2.93 bits per heavy atom. The van der Waals surface area contributed by atoms with Gasteiger partial charge in [0.25, 0.3) is 0 Å². The average Bonchev–Trinajstić information content (AvgIpc) is 2.61. The Morgan fingerprint density at radius 2 is 2.26 bits per heavy atom. The van der Waals surface area contributed by atoms with Gasteiger partial charge in [-0.3, -0.25) is 4.90 Å². The SMILES string of the molecule is CC1CN(C(CNS(=O)(=O)CCCCC#N)c2c(F)cccc2Cl)CCO1. The van der Waals surface area contributed by atoms with Crippen LogP contribution in [-0.2, 0) is 14.8 Å². The minimum Gasteiger partial charge on any atom is -0.376 e. The van der Waals surface area contributed by atoms with Crippen LogP contribution >= 0.6 is 11.6 Å². The lowest BCUT2D eigenvalue weighted by atomic mass is 10.0. The van der Waals surface area contributed by atoms with Gasteiger partial charge in [0.2, 0.25) is 10.0 Å². The van der Waals surface area contributed by atoms with Crippen molar-refractivity contribution in [1.82, 2.24) is 9.62 Å². The summed E-state index contributed by atoms with van der Waals surface area (Å²) in [6.07, 6.45) is 1.23. The molecule has 1 fully saturated rings. The highest BCUT2D eigenvalue weighted by Crippen LogP contribution is 2.31. The van der Waals surface area contributed by atoms with E-state index in [4.69, 9.17) is 21.6 Å². The standard InChI is InChI=1S/C18H25ClFN3O3S/c1-14-13-23(9-10-26-14)17(18-15(19)6-5-7-16(18)20)12-22-27(24,25)11-4-2-3-8-21/h5-7,14,17,22H,2-4,9-13H2,1H3. The van der Waals surface area contributed by atoms with Crippen molar-refractivity contribution in [2.24, 2.45) is 0 Å². The van der Waals surface area contributed by atoms with Crippen molar-refractivity contribution in [3.8, 4) is 6.07 Å². The molecule has 0 spiro atoms. The van der Waals surface area contributed by atoms with Gasteiger partial charge in [0.15, 0.2) is 0 Å². The van der Waals surface area contributed by atoms with Gasteiger partial charge >= 0.3 is 0 Å². The molecule has 0 aromatic heterocycles. The Morgan fingerprint density at radius 1 is 1.48 bits per heavy atom. The zero-order valence-electron chi connectivity index (χ0n) is 15.3. The lowest BCUT2D eigenvalue weighted by Gasteiger charge is -2.38. The minimum absolute atomic E-state index is 0.0218. The molecule has 1 aromatic rings. The van der Waals surface area contributed by atoms with Gasteiger partial charge in [-0.1, -0.05) is 17.7 Å². The number of hydrogen-bond acceptors (Lipinski definition) is 5. The van der Waals surface area contributed by atoms with Gasteiger partial charge < -0.3 is 4.74 Å². The Kier molecular flexibility index (Phi) is 8.45. The Balaban J connectivity index is 2.14. The van der Waals surface area contributed by atoms with E-state index in [-0.39, 0.29) is 23.4 Å². The van der Waals surface area contributed by atoms with Gasteiger partial charge in [-0.05, 0) is 31.9 Å². The minimum atomic E-state index is -3.53. The van der Waals surface area contributed by atoms with E-state index >= 15 is 0 Å². The van der Waals surface area contributed by atoms with E-state index in [1.165, 1.54) is 12.1 Å². The van der Waals surface area contributed by atoms with Crippen LogP contribution in [0.3, 0.4) is 0 Å². The van der Waals surface area contributed by atoms with Crippen molar-refractivity contribution in [3.63, 3.8) is 0 Å². The van der Waals surface area contributed by atoms with E-state index in [1.54, 1.807) is 6.07 Å². The normalized spacial score (nSPS) is 19.6. The summed E-state index contributed by atoms with van der Waals surface area (Å²) in [7, 11) is -3.53. The van der Waals surface area contributed by atoms with Crippen LogP contribution in [0.5, 0.6) is 0 Å². The Bertz CT molecular complexity index is 749. The number of nitriles is 1. The molecule has 1 aliphatic heterocycles. The number of unbranched alkanes of at least 4 members (excludes halogenated alkanes) is 2. The summed E-state index contributed by atoms with van der Waals surface area (Å²) in [6.45, 7) is 3.55. The highest BCUT2D eigenvalue weighted by Gasteiger charge is 2.30. The molecule has 2 atom stereocenters. The topological polar surface area (TPSA) is 82.4 Å². The quantitative estimate of drug-likeness (QED) is 0.625. The number of sulfonamides is 1. The molecule has 150 valence electrons. The third kappa shape index (κ3) is 6.70. The van der Waals surface area contributed by atoms with Crippen molar-refractivity contribution in [3.05, 3.63) is 34.6 Å². The van der Waals surface area contributed by atoms with E-state index < -0.39 is 21.9 Å². The zero-order valence-corrected chi connectivity index (χ0v) is 16.9. The molecule has 6 nitrogen and oxygen atoms in total. The number of halogens is 2. The fourth-order valence-electron chi connectivity index (χ4n) is 3.15. The summed E-state index contributed by atoms with van der Waals surface area (Å²) in [5, 5.41) is 8.81. The predicted octanol–water partition coefficient (Wildman–Crippen LogP) is 2.85. The summed E-state index contributed by atoms with van der Waals surface area (Å²) in [4.78, 5) is 2.00. The van der Waals surface area contributed by atoms with Crippen LogP contribution in [0.2, 0.25) is 5.02 Å². The first-order valence-corrected chi connectivity index (χ1v) is 11.0. The van der Waals surface area contributed by atoms with Crippen LogP contribution in [0, 0.1) is 17.1 Å². The second-order valence-electron chi connectivity index (χ2n) is 6.61. The molecule has 27 heavy (non-hydrogen) atoms. The molecule has 1 heterocycles. The van der Waals surface area contributed by atoms with Crippen LogP contribution in [0.15, 0.2) is 18.2 Å². The summed E-state index contributed by atoms with van der Waals surface area (Å²) in [5.41, 5.74) is 0.292. The number of rotatable bonds is 9. The lowest BCUT2D eigenvalue weighted by Crippen LogP contribution is -2.47. The summed E-state index contributed by atoms with van der Waals surface area (Å²) in [5.74, 6) is -0.522. The second kappa shape index (κ2) is 10.3. The van der Waals surface area contributed by atoms with Gasteiger partial charge in [0.05, 0.1) is 30.6 Å². The predicted molar refractivity (Wildman–Crippen MR) is 102 cm³/mol. The molecule has 1 aliphatic rings. The second-order valence-corrected chi connectivity index (χ2v) is 8.94. The largest absolute Gasteiger partial charge is 0.376 e. The van der Waals surface area contributed by atoms with E-state index in [9.17, 15) is 12.8 Å². The summed E-state index contributed by atoms with van der Waals surface area (Å²) in [6, 6.07) is 5.93. The van der Waals surface area contributed by atoms with Gasteiger partial charge in [-0.15, -0.1) is 0 Å². The molecule has 9 heteroatoms. The number of hydrogen-bond donors (Lipinski definition) is 1. The molecule has 2 rings (SSSR count). The molecule has 0 radical (unpaired) electrons. The highest BCUT2D eigenvalue weighted by atomic mass is 35.5. The fourth-order valence-corrected chi connectivity index (χ4v) is 4.57. The van der Waals surface area contributed by atoms with Crippen LogP contribution in [-0.4, -0.2) is 51.4 Å². The van der Waals surface area contributed by atoms with E-state index in [0.717, 1.165) is 0 Å². The molecule has 1 aromatic carbocycles. The maximum Gasteiger partial charge on any atom is 0.211 e. The third-order valence-corrected chi connectivity index (χ3v) is 6.26. The molecular weight excluding hydrogens is 393 g/mol. The number of ether oxygens (including phenoxy) is 1. The average molecular weight is 418 g/mol. The number of benzene rings is 1. The van der Waals surface area contributed by atoms with Gasteiger partial charge in [-0.2, -0.15) is 5.26 Å². The number of morpholine rings is 1. The van der Waals surface area contributed by atoms with Crippen molar-refractivity contribution in [2.45, 2.75) is 38.3 Å². The lowest BCUT2D eigenvalue weighted by molar-refractivity contribution is -0.0342. The Hall–Kier alpha value is -1.24. The summed E-state index contributed by atoms with van der Waals surface area (Å²) >= 11 is 6.24. The van der Waals surface area contributed by atoms with Crippen LogP contribution in [0.1, 0.15) is 37.8 Å². The van der Waals surface area contributed by atoms with E-state index in [1.807, 2.05) is 17.9 Å². The van der Waals surface area contributed by atoms with Crippen LogP contribution in [0.4, 0.5) is 4.39 Å². The van der Waals surface area contributed by atoms with Gasteiger partial charge in [0.1, 0.15) is 5.82 Å². The van der Waals surface area contributed by atoms with Crippen molar-refractivity contribution in [2.75, 3.05) is 32.0 Å². The highest BCUT2D eigenvalue weighted by molar-refractivity contribution is 7.89. The molecule has 2 unspecified atom stereocenters. The number of nitrogens with zero attached hydrogens (tertiary/aromatic N) is 2. The van der Waals surface area contributed by atoms with Crippen LogP contribution < -0.4 is 4.72 Å². The van der Waals surface area contributed by atoms with E-state index in [2.05, 4.69) is 4.72 Å². The van der Waals surface area contributed by atoms with Crippen LogP contribution in [0.25, 0.3) is 0 Å².